The van der Waals surface area contributed by atoms with Crippen LogP contribution < -0.4 is 5.32 Å². The number of carbonyl (C=O) groups excluding carboxylic acids is 4. The number of nitriles is 1. The molecule has 1 aliphatic carbocycles. The quantitative estimate of drug-likeness (QED) is 0.549. The third-order valence-electron chi connectivity index (χ3n) is 5.32. The molecule has 4 rings (SSSR count). The molecule has 0 radical (unpaired) electrons. The molecule has 0 saturated carbocycles. The number of fused-ring (bicyclic) bond motifs is 2. The highest BCUT2D eigenvalue weighted by molar-refractivity contribution is 7.16. The molecule has 2 aliphatic rings. The van der Waals surface area contributed by atoms with Crippen LogP contribution in [0.25, 0.3) is 0 Å². The van der Waals surface area contributed by atoms with E-state index in [1.165, 1.54) is 11.3 Å². The van der Waals surface area contributed by atoms with Crippen molar-refractivity contribution in [1.29, 1.82) is 5.26 Å². The largest absolute Gasteiger partial charge is 0.456 e. The highest BCUT2D eigenvalue weighted by atomic mass is 32.1. The SMILES string of the molecule is N#Cc1c(NC(=O)COC(=O)CCN2C(=O)c3ccccc3C2=O)sc2c1CCCC2. The molecule has 158 valence electrons. The van der Waals surface area contributed by atoms with Crippen LogP contribution in [0.4, 0.5) is 5.00 Å². The summed E-state index contributed by atoms with van der Waals surface area (Å²) in [5, 5.41) is 12.6. The van der Waals surface area contributed by atoms with Crippen molar-refractivity contribution in [3.8, 4) is 6.07 Å². The van der Waals surface area contributed by atoms with E-state index in [4.69, 9.17) is 4.74 Å². The summed E-state index contributed by atoms with van der Waals surface area (Å²) in [6, 6.07) is 8.63. The van der Waals surface area contributed by atoms with Gasteiger partial charge in [-0.1, -0.05) is 12.1 Å². The summed E-state index contributed by atoms with van der Waals surface area (Å²) in [5.74, 6) is -2.13. The predicted octanol–water partition coefficient (Wildman–Crippen LogP) is 2.67. The van der Waals surface area contributed by atoms with Crippen molar-refractivity contribution in [2.45, 2.75) is 32.1 Å². The van der Waals surface area contributed by atoms with Gasteiger partial charge in [-0.15, -0.1) is 11.3 Å². The Hall–Kier alpha value is -3.51. The van der Waals surface area contributed by atoms with E-state index in [2.05, 4.69) is 11.4 Å². The number of hydrogen-bond acceptors (Lipinski definition) is 7. The number of esters is 1. The Kier molecular flexibility index (Phi) is 5.82. The van der Waals surface area contributed by atoms with E-state index in [0.29, 0.717) is 21.7 Å². The minimum Gasteiger partial charge on any atom is -0.456 e. The summed E-state index contributed by atoms with van der Waals surface area (Å²) in [6.07, 6.45) is 3.61. The molecule has 0 saturated heterocycles. The number of carbonyl (C=O) groups is 4. The molecule has 1 N–H and O–H groups in total. The second kappa shape index (κ2) is 8.70. The van der Waals surface area contributed by atoms with Crippen LogP contribution >= 0.6 is 11.3 Å². The van der Waals surface area contributed by atoms with Gasteiger partial charge in [0, 0.05) is 11.4 Å². The third-order valence-corrected chi connectivity index (χ3v) is 6.53. The second-order valence-corrected chi connectivity index (χ2v) is 8.40. The van der Waals surface area contributed by atoms with Crippen LogP contribution in [0.5, 0.6) is 0 Å². The zero-order valence-electron chi connectivity index (χ0n) is 16.6. The van der Waals surface area contributed by atoms with Crippen LogP contribution in [0.1, 0.15) is 56.0 Å². The van der Waals surface area contributed by atoms with Gasteiger partial charge in [-0.05, 0) is 43.4 Å². The highest BCUT2D eigenvalue weighted by Gasteiger charge is 2.35. The number of nitrogens with one attached hydrogen (secondary N) is 1. The first kappa shape index (κ1) is 20.8. The summed E-state index contributed by atoms with van der Waals surface area (Å²) in [4.78, 5) is 50.9. The lowest BCUT2D eigenvalue weighted by Gasteiger charge is -2.13. The minimum absolute atomic E-state index is 0.122. The van der Waals surface area contributed by atoms with Gasteiger partial charge >= 0.3 is 5.97 Å². The summed E-state index contributed by atoms with van der Waals surface area (Å²) < 4.78 is 4.98. The molecule has 9 heteroatoms. The van der Waals surface area contributed by atoms with E-state index in [1.54, 1.807) is 24.3 Å². The zero-order valence-corrected chi connectivity index (χ0v) is 17.4. The maximum atomic E-state index is 12.3. The number of hydrogen-bond donors (Lipinski definition) is 1. The predicted molar refractivity (Wildman–Crippen MR) is 112 cm³/mol. The lowest BCUT2D eigenvalue weighted by molar-refractivity contribution is -0.147. The van der Waals surface area contributed by atoms with Gasteiger partial charge in [-0.2, -0.15) is 5.26 Å². The van der Waals surface area contributed by atoms with Gasteiger partial charge < -0.3 is 10.1 Å². The lowest BCUT2D eigenvalue weighted by atomic mass is 9.96. The average molecular weight is 437 g/mol. The van der Waals surface area contributed by atoms with Gasteiger partial charge in [0.25, 0.3) is 17.7 Å². The summed E-state index contributed by atoms with van der Waals surface area (Å²) in [5.41, 5.74) is 2.12. The molecule has 2 aromatic rings. The third kappa shape index (κ3) is 4.07. The molecule has 1 aromatic carbocycles. The Labute approximate surface area is 182 Å². The summed E-state index contributed by atoms with van der Waals surface area (Å²) in [6.45, 7) is -0.628. The number of amides is 3. The Morgan fingerprint density at radius 2 is 1.81 bits per heavy atom. The Balaban J connectivity index is 1.28. The molecule has 0 fully saturated rings. The average Bonchev–Trinajstić information content (AvgIpc) is 3.25. The molecule has 0 spiro atoms. The number of thiophene rings is 1. The molecule has 0 bridgehead atoms. The van der Waals surface area contributed by atoms with Crippen molar-refractivity contribution >= 4 is 40.0 Å². The number of anilines is 1. The van der Waals surface area contributed by atoms with E-state index in [9.17, 15) is 24.4 Å². The number of ether oxygens (including phenoxy) is 1. The first-order chi connectivity index (χ1) is 15.0. The van der Waals surface area contributed by atoms with Crippen LogP contribution in [0.2, 0.25) is 0 Å². The molecule has 1 aromatic heterocycles. The van der Waals surface area contributed by atoms with Crippen molar-refractivity contribution in [1.82, 2.24) is 4.90 Å². The number of rotatable bonds is 6. The standard InChI is InChI=1S/C22H19N3O5S/c23-11-16-13-5-3-4-8-17(13)31-20(16)24-18(26)12-30-19(27)9-10-25-21(28)14-6-1-2-7-15(14)22(25)29/h1-2,6-7H,3-5,8-10,12H2,(H,24,26). The summed E-state index contributed by atoms with van der Waals surface area (Å²) >= 11 is 1.39. The van der Waals surface area contributed by atoms with Crippen molar-refractivity contribution in [2.24, 2.45) is 0 Å². The first-order valence-corrected chi connectivity index (χ1v) is 10.8. The van der Waals surface area contributed by atoms with Crippen LogP contribution in [0.15, 0.2) is 24.3 Å². The maximum absolute atomic E-state index is 12.3. The molecule has 0 atom stereocenters. The van der Waals surface area contributed by atoms with Crippen LogP contribution in [-0.2, 0) is 27.2 Å². The number of benzene rings is 1. The fourth-order valence-electron chi connectivity index (χ4n) is 3.80. The summed E-state index contributed by atoms with van der Waals surface area (Å²) in [7, 11) is 0. The Bertz CT molecular complexity index is 1100. The molecule has 8 nitrogen and oxygen atoms in total. The Morgan fingerprint density at radius 1 is 1.13 bits per heavy atom. The van der Waals surface area contributed by atoms with Crippen molar-refractivity contribution < 1.29 is 23.9 Å². The fraction of sp³-hybridized carbons (Fsp3) is 0.318. The van der Waals surface area contributed by atoms with Crippen LogP contribution in [-0.4, -0.2) is 41.7 Å². The van der Waals surface area contributed by atoms with E-state index in [1.807, 2.05) is 0 Å². The molecule has 31 heavy (non-hydrogen) atoms. The molecule has 0 unspecified atom stereocenters. The smallest absolute Gasteiger partial charge is 0.308 e. The zero-order chi connectivity index (χ0) is 22.0. The van der Waals surface area contributed by atoms with Gasteiger partial charge in [0.15, 0.2) is 6.61 Å². The minimum atomic E-state index is -0.697. The normalized spacial score (nSPS) is 14.6. The number of aryl methyl sites for hydroxylation is 1. The van der Waals surface area contributed by atoms with E-state index < -0.39 is 30.3 Å². The van der Waals surface area contributed by atoms with E-state index >= 15 is 0 Å². The van der Waals surface area contributed by atoms with Crippen molar-refractivity contribution in [3.63, 3.8) is 0 Å². The maximum Gasteiger partial charge on any atom is 0.308 e. The van der Waals surface area contributed by atoms with Gasteiger partial charge in [0.2, 0.25) is 0 Å². The Morgan fingerprint density at radius 3 is 2.48 bits per heavy atom. The fourth-order valence-corrected chi connectivity index (χ4v) is 5.05. The monoisotopic (exact) mass is 437 g/mol. The molecule has 1 aliphatic heterocycles. The van der Waals surface area contributed by atoms with E-state index in [-0.39, 0.29) is 13.0 Å². The number of nitrogens with zero attached hydrogens (tertiary/aromatic N) is 2. The van der Waals surface area contributed by atoms with Crippen LogP contribution in [0, 0.1) is 11.3 Å². The van der Waals surface area contributed by atoms with Gasteiger partial charge in [0.1, 0.15) is 11.1 Å². The lowest BCUT2D eigenvalue weighted by Crippen LogP contribution is -2.32. The first-order valence-electron chi connectivity index (χ1n) is 9.95. The van der Waals surface area contributed by atoms with Gasteiger partial charge in [-0.3, -0.25) is 24.1 Å². The molecule has 2 heterocycles. The molecular weight excluding hydrogens is 418 g/mol. The van der Waals surface area contributed by atoms with Crippen molar-refractivity contribution in [2.75, 3.05) is 18.5 Å². The second-order valence-electron chi connectivity index (χ2n) is 7.29. The highest BCUT2D eigenvalue weighted by Crippen LogP contribution is 2.37. The molecule has 3 amide bonds. The van der Waals surface area contributed by atoms with E-state index in [0.717, 1.165) is 41.0 Å². The van der Waals surface area contributed by atoms with Gasteiger partial charge in [-0.25, -0.2) is 0 Å². The van der Waals surface area contributed by atoms with Crippen LogP contribution in [0.3, 0.4) is 0 Å². The van der Waals surface area contributed by atoms with Crippen molar-refractivity contribution in [3.05, 3.63) is 51.4 Å². The van der Waals surface area contributed by atoms with Gasteiger partial charge in [0.05, 0.1) is 23.1 Å². The topological polar surface area (TPSA) is 117 Å². The molecular formula is C22H19N3O5S. The number of imide groups is 1.